The Kier molecular flexibility index (Phi) is 6.30. The van der Waals surface area contributed by atoms with Crippen molar-refractivity contribution in [3.05, 3.63) is 82.9 Å². The number of amides is 1. The van der Waals surface area contributed by atoms with Crippen molar-refractivity contribution in [2.24, 2.45) is 0 Å². The molecule has 4 aromatic rings. The third-order valence-corrected chi connectivity index (χ3v) is 6.66. The Morgan fingerprint density at radius 2 is 1.88 bits per heavy atom. The molecular weight excluding hydrogens is 453 g/mol. The maximum atomic E-state index is 14.2. The molecule has 5 rings (SSSR count). The van der Waals surface area contributed by atoms with Gasteiger partial charge in [-0.2, -0.15) is 5.10 Å². The number of nitrogens with zero attached hydrogens (tertiary/aromatic N) is 5. The summed E-state index contributed by atoms with van der Waals surface area (Å²) in [6, 6.07) is 14.3. The van der Waals surface area contributed by atoms with Crippen LogP contribution in [0.2, 0.25) is 5.02 Å². The zero-order chi connectivity index (χ0) is 23.7. The largest absolute Gasteiger partial charge is 0.336 e. The van der Waals surface area contributed by atoms with E-state index in [0.29, 0.717) is 48.9 Å². The number of halogens is 2. The average molecular weight is 478 g/mol. The van der Waals surface area contributed by atoms with Crippen molar-refractivity contribution in [3.63, 3.8) is 0 Å². The number of pyridine rings is 1. The van der Waals surface area contributed by atoms with Crippen molar-refractivity contribution in [1.29, 1.82) is 0 Å². The Morgan fingerprint density at radius 3 is 2.62 bits per heavy atom. The number of fused-ring (bicyclic) bond motifs is 1. The number of carbonyl (C=O) groups excluding carboxylic acids is 1. The number of piperazine rings is 1. The molecule has 1 aliphatic rings. The van der Waals surface area contributed by atoms with Gasteiger partial charge in [-0.1, -0.05) is 35.9 Å². The smallest absolute Gasteiger partial charge is 0.254 e. The third-order valence-electron chi connectivity index (χ3n) is 6.30. The van der Waals surface area contributed by atoms with Crippen molar-refractivity contribution in [1.82, 2.24) is 24.6 Å². The molecule has 2 aromatic carbocycles. The summed E-state index contributed by atoms with van der Waals surface area (Å²) < 4.78 is 16.0. The van der Waals surface area contributed by atoms with Crippen LogP contribution in [0.3, 0.4) is 0 Å². The summed E-state index contributed by atoms with van der Waals surface area (Å²) in [5.74, 6) is -0.320. The molecule has 8 heteroatoms. The Hall–Kier alpha value is -3.29. The van der Waals surface area contributed by atoms with Crippen molar-refractivity contribution in [2.45, 2.75) is 20.0 Å². The number of hydrogen-bond donors (Lipinski definition) is 0. The van der Waals surface area contributed by atoms with Crippen molar-refractivity contribution in [3.8, 4) is 11.3 Å². The number of hydrogen-bond acceptors (Lipinski definition) is 4. The maximum Gasteiger partial charge on any atom is 0.254 e. The van der Waals surface area contributed by atoms with Gasteiger partial charge < -0.3 is 4.90 Å². The molecule has 0 N–H and O–H groups in total. The maximum absolute atomic E-state index is 14.2. The average Bonchev–Trinajstić information content (AvgIpc) is 3.35. The van der Waals surface area contributed by atoms with Gasteiger partial charge in [0.05, 0.1) is 23.0 Å². The summed E-state index contributed by atoms with van der Waals surface area (Å²) in [6.07, 6.45) is 3.72. The fraction of sp³-hybridized carbons (Fsp3) is 0.269. The predicted molar refractivity (Wildman–Crippen MR) is 131 cm³/mol. The zero-order valence-corrected chi connectivity index (χ0v) is 19.7. The van der Waals surface area contributed by atoms with E-state index in [0.717, 1.165) is 28.7 Å². The van der Waals surface area contributed by atoms with Crippen LogP contribution in [0, 0.1) is 5.82 Å². The monoisotopic (exact) mass is 477 g/mol. The number of aromatic nitrogens is 3. The topological polar surface area (TPSA) is 54.3 Å². The Labute approximate surface area is 202 Å². The van der Waals surface area contributed by atoms with E-state index >= 15 is 0 Å². The van der Waals surface area contributed by atoms with Gasteiger partial charge in [0, 0.05) is 67.0 Å². The van der Waals surface area contributed by atoms with Gasteiger partial charge in [-0.25, -0.2) is 9.37 Å². The lowest BCUT2D eigenvalue weighted by Crippen LogP contribution is -2.48. The first-order chi connectivity index (χ1) is 16.5. The second-order valence-electron chi connectivity index (χ2n) is 8.43. The van der Waals surface area contributed by atoms with Crippen LogP contribution in [-0.4, -0.2) is 56.7 Å². The summed E-state index contributed by atoms with van der Waals surface area (Å²) in [6.45, 7) is 5.64. The van der Waals surface area contributed by atoms with E-state index in [1.54, 1.807) is 18.3 Å². The van der Waals surface area contributed by atoms with Gasteiger partial charge in [-0.05, 0) is 31.2 Å². The van der Waals surface area contributed by atoms with E-state index in [2.05, 4.69) is 10.00 Å². The van der Waals surface area contributed by atoms with Crippen LogP contribution in [0.5, 0.6) is 0 Å². The summed E-state index contributed by atoms with van der Waals surface area (Å²) in [4.78, 5) is 22.4. The highest BCUT2D eigenvalue weighted by Gasteiger charge is 2.25. The second kappa shape index (κ2) is 9.52. The first-order valence-corrected chi connectivity index (χ1v) is 11.8. The molecular formula is C26H25ClFN5O. The molecule has 6 nitrogen and oxygen atoms in total. The van der Waals surface area contributed by atoms with Crippen molar-refractivity contribution in [2.75, 3.05) is 26.2 Å². The number of rotatable bonds is 5. The highest BCUT2D eigenvalue weighted by atomic mass is 35.5. The lowest BCUT2D eigenvalue weighted by molar-refractivity contribution is 0.0629. The van der Waals surface area contributed by atoms with E-state index in [1.165, 1.54) is 6.07 Å². The van der Waals surface area contributed by atoms with Crippen LogP contribution in [-0.2, 0) is 13.1 Å². The second-order valence-corrected chi connectivity index (χ2v) is 8.83. The van der Waals surface area contributed by atoms with Gasteiger partial charge >= 0.3 is 0 Å². The molecule has 0 radical (unpaired) electrons. The van der Waals surface area contributed by atoms with E-state index < -0.39 is 0 Å². The minimum Gasteiger partial charge on any atom is -0.336 e. The minimum absolute atomic E-state index is 0.0219. The number of aryl methyl sites for hydroxylation is 1. The van der Waals surface area contributed by atoms with Gasteiger partial charge in [0.25, 0.3) is 5.91 Å². The Bertz CT molecular complexity index is 1330. The molecule has 0 atom stereocenters. The predicted octanol–water partition coefficient (Wildman–Crippen LogP) is 4.87. The summed E-state index contributed by atoms with van der Waals surface area (Å²) in [5.41, 5.74) is 3.53. The highest BCUT2D eigenvalue weighted by Crippen LogP contribution is 2.27. The molecule has 2 aromatic heterocycles. The van der Waals surface area contributed by atoms with Crippen LogP contribution >= 0.6 is 11.6 Å². The SMILES string of the molecule is CCn1cc(-c2cc(C(=O)N3CCN(Cc4c(F)cccc4Cl)CC3)c3ccccc3n2)cn1. The zero-order valence-electron chi connectivity index (χ0n) is 18.9. The lowest BCUT2D eigenvalue weighted by Gasteiger charge is -2.35. The first kappa shape index (κ1) is 22.5. The normalized spacial score (nSPS) is 14.6. The highest BCUT2D eigenvalue weighted by molar-refractivity contribution is 6.31. The lowest BCUT2D eigenvalue weighted by atomic mass is 10.0. The number of carbonyl (C=O) groups is 1. The van der Waals surface area contributed by atoms with Crippen LogP contribution in [0.25, 0.3) is 22.2 Å². The van der Waals surface area contributed by atoms with Gasteiger partial charge in [-0.3, -0.25) is 14.4 Å². The van der Waals surface area contributed by atoms with Gasteiger partial charge in [0.1, 0.15) is 5.82 Å². The summed E-state index contributed by atoms with van der Waals surface area (Å²) >= 11 is 6.20. The van der Waals surface area contributed by atoms with E-state index in [4.69, 9.17) is 16.6 Å². The number of benzene rings is 2. The molecule has 0 saturated carbocycles. The third kappa shape index (κ3) is 4.41. The molecule has 1 aliphatic heterocycles. The molecule has 34 heavy (non-hydrogen) atoms. The molecule has 0 bridgehead atoms. The van der Waals surface area contributed by atoms with Gasteiger partial charge in [0.15, 0.2) is 0 Å². The quantitative estimate of drug-likeness (QED) is 0.411. The molecule has 0 spiro atoms. The molecule has 174 valence electrons. The summed E-state index contributed by atoms with van der Waals surface area (Å²) in [7, 11) is 0. The molecule has 1 saturated heterocycles. The van der Waals surface area contributed by atoms with Crippen LogP contribution in [0.1, 0.15) is 22.8 Å². The van der Waals surface area contributed by atoms with Crippen LogP contribution in [0.15, 0.2) is 60.9 Å². The van der Waals surface area contributed by atoms with Gasteiger partial charge in [0.2, 0.25) is 0 Å². The van der Waals surface area contributed by atoms with Crippen LogP contribution < -0.4 is 0 Å². The standard InChI is InChI=1S/C26H25ClFN5O/c1-2-33-16-18(15-29-33)25-14-20(19-6-3-4-9-24(19)30-25)26(34)32-12-10-31(11-13-32)17-21-22(27)7-5-8-23(21)28/h3-9,14-16H,2,10-13,17H2,1H3. The molecule has 1 fully saturated rings. The first-order valence-electron chi connectivity index (χ1n) is 11.4. The van der Waals surface area contributed by atoms with Crippen molar-refractivity contribution < 1.29 is 9.18 Å². The fourth-order valence-electron chi connectivity index (χ4n) is 4.36. The molecule has 0 unspecified atom stereocenters. The fourth-order valence-corrected chi connectivity index (χ4v) is 4.58. The minimum atomic E-state index is -0.298. The molecule has 1 amide bonds. The van der Waals surface area contributed by atoms with Crippen LogP contribution in [0.4, 0.5) is 4.39 Å². The van der Waals surface area contributed by atoms with Crippen molar-refractivity contribution >= 4 is 28.4 Å². The van der Waals surface area contributed by atoms with E-state index in [1.807, 2.05) is 53.0 Å². The molecule has 3 heterocycles. The van der Waals surface area contributed by atoms with E-state index in [9.17, 15) is 9.18 Å². The van der Waals surface area contributed by atoms with E-state index in [-0.39, 0.29) is 11.7 Å². The Morgan fingerprint density at radius 1 is 1.09 bits per heavy atom. The number of para-hydroxylation sites is 1. The molecule has 0 aliphatic carbocycles. The Balaban J connectivity index is 1.37. The van der Waals surface area contributed by atoms with Gasteiger partial charge in [-0.15, -0.1) is 0 Å². The summed E-state index contributed by atoms with van der Waals surface area (Å²) in [5, 5.41) is 5.61.